The lowest BCUT2D eigenvalue weighted by atomic mass is 9.90. The Morgan fingerprint density at radius 2 is 2.06 bits per heavy atom. The van der Waals surface area contributed by atoms with Gasteiger partial charge in [0.05, 0.1) is 6.61 Å². The van der Waals surface area contributed by atoms with Crippen LogP contribution in [0.5, 0.6) is 5.75 Å². The highest BCUT2D eigenvalue weighted by Gasteiger charge is 2.33. The third kappa shape index (κ3) is 3.01. The van der Waals surface area contributed by atoms with Crippen LogP contribution in [0.4, 0.5) is 4.39 Å². The maximum Gasteiger partial charge on any atom is 0.165 e. The molecule has 1 aromatic carbocycles. The van der Waals surface area contributed by atoms with Crippen molar-refractivity contribution < 1.29 is 9.13 Å². The van der Waals surface area contributed by atoms with Crippen LogP contribution >= 0.6 is 15.9 Å². The van der Waals surface area contributed by atoms with Crippen molar-refractivity contribution in [3.63, 3.8) is 0 Å². The van der Waals surface area contributed by atoms with Gasteiger partial charge in [-0.15, -0.1) is 0 Å². The first-order valence-electron chi connectivity index (χ1n) is 6.10. The smallest absolute Gasteiger partial charge is 0.165 e. The molecule has 0 unspecified atom stereocenters. The summed E-state index contributed by atoms with van der Waals surface area (Å²) in [4.78, 5) is 0. The van der Waals surface area contributed by atoms with E-state index in [-0.39, 0.29) is 11.2 Å². The first-order chi connectivity index (χ1) is 8.15. The summed E-state index contributed by atoms with van der Waals surface area (Å²) in [6, 6.07) is 5.00. The third-order valence-corrected chi connectivity index (χ3v) is 4.76. The first kappa shape index (κ1) is 12.9. The summed E-state index contributed by atoms with van der Waals surface area (Å²) in [5.41, 5.74) is 1.23. The minimum atomic E-state index is -0.265. The number of halogens is 2. The van der Waals surface area contributed by atoms with E-state index >= 15 is 0 Å². The molecule has 1 aromatic rings. The Bertz CT molecular complexity index is 386. The summed E-state index contributed by atoms with van der Waals surface area (Å²) in [5.74, 6) is 0.121. The van der Waals surface area contributed by atoms with Crippen LogP contribution in [-0.2, 0) is 0 Å². The third-order valence-electron chi connectivity index (χ3n) is 3.57. The van der Waals surface area contributed by atoms with Crippen molar-refractivity contribution in [1.82, 2.24) is 0 Å². The van der Waals surface area contributed by atoms with Crippen LogP contribution < -0.4 is 4.74 Å². The number of hydrogen-bond acceptors (Lipinski definition) is 1. The molecule has 2 rings (SSSR count). The molecule has 17 heavy (non-hydrogen) atoms. The Morgan fingerprint density at radius 1 is 1.35 bits per heavy atom. The zero-order chi connectivity index (χ0) is 12.3. The summed E-state index contributed by atoms with van der Waals surface area (Å²) in [5, 5.41) is 0.938. The van der Waals surface area contributed by atoms with Crippen LogP contribution in [0.2, 0.25) is 0 Å². The molecular weight excluding hydrogens is 283 g/mol. The number of aryl methyl sites for hydroxylation is 1. The number of alkyl halides is 1. The van der Waals surface area contributed by atoms with E-state index in [4.69, 9.17) is 4.74 Å². The molecule has 0 saturated heterocycles. The molecule has 0 radical (unpaired) electrons. The molecule has 3 heteroatoms. The van der Waals surface area contributed by atoms with Crippen molar-refractivity contribution in [3.05, 3.63) is 29.6 Å². The van der Waals surface area contributed by atoms with E-state index in [1.54, 1.807) is 12.1 Å². The van der Waals surface area contributed by atoms with E-state index in [1.165, 1.54) is 31.7 Å². The molecule has 1 nitrogen and oxygen atoms in total. The van der Waals surface area contributed by atoms with Crippen molar-refractivity contribution in [2.75, 3.05) is 11.9 Å². The zero-order valence-electron chi connectivity index (χ0n) is 10.1. The van der Waals surface area contributed by atoms with E-state index in [9.17, 15) is 4.39 Å². The van der Waals surface area contributed by atoms with E-state index < -0.39 is 0 Å². The monoisotopic (exact) mass is 300 g/mol. The van der Waals surface area contributed by atoms with Gasteiger partial charge < -0.3 is 4.74 Å². The van der Waals surface area contributed by atoms with Gasteiger partial charge in [0.1, 0.15) is 0 Å². The fourth-order valence-electron chi connectivity index (χ4n) is 2.39. The fraction of sp³-hybridized carbons (Fsp3) is 0.571. The first-order valence-corrected chi connectivity index (χ1v) is 7.22. The van der Waals surface area contributed by atoms with Gasteiger partial charge >= 0.3 is 0 Å². The molecule has 1 saturated carbocycles. The van der Waals surface area contributed by atoms with Crippen LogP contribution in [0.3, 0.4) is 0 Å². The van der Waals surface area contributed by atoms with Crippen LogP contribution in [0, 0.1) is 18.2 Å². The quantitative estimate of drug-likeness (QED) is 0.746. The normalized spacial score (nSPS) is 18.3. The van der Waals surface area contributed by atoms with Crippen molar-refractivity contribution >= 4 is 15.9 Å². The van der Waals surface area contributed by atoms with Crippen molar-refractivity contribution in [2.45, 2.75) is 32.6 Å². The molecule has 0 heterocycles. The summed E-state index contributed by atoms with van der Waals surface area (Å²) in [6.07, 6.45) is 4.86. The highest BCUT2D eigenvalue weighted by atomic mass is 79.9. The maximum absolute atomic E-state index is 13.5. The Balaban J connectivity index is 2.03. The topological polar surface area (TPSA) is 9.23 Å². The van der Waals surface area contributed by atoms with Gasteiger partial charge in [-0.25, -0.2) is 4.39 Å². The predicted molar refractivity (Wildman–Crippen MR) is 71.3 cm³/mol. The van der Waals surface area contributed by atoms with Gasteiger partial charge in [-0.1, -0.05) is 34.8 Å². The molecule has 94 valence electrons. The Kier molecular flexibility index (Phi) is 4.08. The molecule has 0 amide bonds. The minimum Gasteiger partial charge on any atom is -0.490 e. The van der Waals surface area contributed by atoms with Crippen molar-refractivity contribution in [3.8, 4) is 5.75 Å². The second kappa shape index (κ2) is 5.38. The largest absolute Gasteiger partial charge is 0.490 e. The second-order valence-electron chi connectivity index (χ2n) is 5.06. The lowest BCUT2D eigenvalue weighted by molar-refractivity contribution is 0.168. The number of ether oxygens (including phenoxy) is 1. The van der Waals surface area contributed by atoms with E-state index in [2.05, 4.69) is 15.9 Å². The molecule has 0 aromatic heterocycles. The summed E-state index contributed by atoms with van der Waals surface area (Å²) < 4.78 is 19.2. The molecule has 0 bridgehead atoms. The molecule has 0 spiro atoms. The highest BCUT2D eigenvalue weighted by Crippen LogP contribution is 2.40. The molecule has 0 N–H and O–H groups in total. The van der Waals surface area contributed by atoms with Gasteiger partial charge in [0.25, 0.3) is 0 Å². The van der Waals surface area contributed by atoms with Crippen LogP contribution in [0.25, 0.3) is 0 Å². The molecule has 1 aliphatic rings. The minimum absolute atomic E-state index is 0.205. The molecule has 0 atom stereocenters. The maximum atomic E-state index is 13.5. The Hall–Kier alpha value is -0.570. The van der Waals surface area contributed by atoms with Gasteiger partial charge in [-0.2, -0.15) is 0 Å². The van der Waals surface area contributed by atoms with Gasteiger partial charge in [0.2, 0.25) is 0 Å². The van der Waals surface area contributed by atoms with E-state index in [0.717, 1.165) is 10.9 Å². The number of rotatable bonds is 4. The van der Waals surface area contributed by atoms with Crippen LogP contribution in [0.1, 0.15) is 31.2 Å². The summed E-state index contributed by atoms with van der Waals surface area (Å²) in [6.45, 7) is 2.56. The predicted octanol–water partition coefficient (Wildman–Crippen LogP) is 4.47. The fourth-order valence-corrected chi connectivity index (χ4v) is 3.12. The van der Waals surface area contributed by atoms with Gasteiger partial charge in [0, 0.05) is 10.7 Å². The lowest BCUT2D eigenvalue weighted by Gasteiger charge is -2.26. The molecule has 0 aliphatic heterocycles. The number of benzene rings is 1. The van der Waals surface area contributed by atoms with E-state index in [1.807, 2.05) is 6.92 Å². The van der Waals surface area contributed by atoms with Crippen LogP contribution in [-0.4, -0.2) is 11.9 Å². The van der Waals surface area contributed by atoms with Crippen molar-refractivity contribution in [1.29, 1.82) is 0 Å². The second-order valence-corrected chi connectivity index (χ2v) is 5.62. The average Bonchev–Trinajstić information content (AvgIpc) is 2.80. The Labute approximate surface area is 110 Å². The zero-order valence-corrected chi connectivity index (χ0v) is 11.7. The summed E-state index contributed by atoms with van der Waals surface area (Å²) >= 11 is 3.57. The van der Waals surface area contributed by atoms with Gasteiger partial charge in [0.15, 0.2) is 11.6 Å². The van der Waals surface area contributed by atoms with Crippen LogP contribution in [0.15, 0.2) is 18.2 Å². The van der Waals surface area contributed by atoms with Crippen molar-refractivity contribution in [2.24, 2.45) is 5.41 Å². The van der Waals surface area contributed by atoms with Gasteiger partial charge in [-0.3, -0.25) is 0 Å². The molecule has 1 fully saturated rings. The average molecular weight is 301 g/mol. The SMILES string of the molecule is Cc1ccc(F)c(OCC2(CBr)CCCC2)c1. The lowest BCUT2D eigenvalue weighted by Crippen LogP contribution is -2.27. The Morgan fingerprint density at radius 3 is 2.71 bits per heavy atom. The van der Waals surface area contributed by atoms with E-state index in [0.29, 0.717) is 12.4 Å². The standard InChI is InChI=1S/C14H18BrFO/c1-11-4-5-12(16)13(8-11)17-10-14(9-15)6-2-3-7-14/h4-5,8H,2-3,6-7,9-10H2,1H3. The summed E-state index contributed by atoms with van der Waals surface area (Å²) in [7, 11) is 0. The molecule has 1 aliphatic carbocycles. The molecular formula is C14H18BrFO. The van der Waals surface area contributed by atoms with Gasteiger partial charge in [-0.05, 0) is 37.5 Å². The highest BCUT2D eigenvalue weighted by molar-refractivity contribution is 9.09. The number of hydrogen-bond donors (Lipinski definition) is 0.